The summed E-state index contributed by atoms with van der Waals surface area (Å²) >= 11 is 5.31. The van der Waals surface area contributed by atoms with Crippen LogP contribution in [0.2, 0.25) is 0 Å². The molecule has 7 N–H and O–H groups in total. The molecule has 0 radical (unpaired) electrons. The molecule has 1 aliphatic heterocycles. The third kappa shape index (κ3) is 4.04. The highest BCUT2D eigenvalue weighted by molar-refractivity contribution is 6.27. The van der Waals surface area contributed by atoms with Crippen LogP contribution < -0.4 is 5.32 Å². The zero-order chi connectivity index (χ0) is 17.1. The zero-order valence-electron chi connectivity index (χ0n) is 11.3. The number of aliphatic carboxylic acids is 1. The van der Waals surface area contributed by atoms with E-state index >= 15 is 0 Å². The Balaban J connectivity index is 3.07. The molecule has 0 bridgehead atoms. The Kier molecular flexibility index (Phi) is 6.50. The van der Waals surface area contributed by atoms with Crippen LogP contribution in [0.4, 0.5) is 0 Å². The van der Waals surface area contributed by atoms with Crippen molar-refractivity contribution in [2.45, 2.75) is 42.7 Å². The number of aliphatic hydroxyl groups is 5. The smallest absolute Gasteiger partial charge is 0.364 e. The van der Waals surface area contributed by atoms with E-state index in [1.165, 1.54) is 0 Å². The molecule has 0 unspecified atom stereocenters. The van der Waals surface area contributed by atoms with Crippen LogP contribution in [0.15, 0.2) is 0 Å². The lowest BCUT2D eigenvalue weighted by molar-refractivity contribution is -0.295. The van der Waals surface area contributed by atoms with Crippen LogP contribution in [0.25, 0.3) is 0 Å². The Morgan fingerprint density at radius 1 is 1.41 bits per heavy atom. The predicted molar refractivity (Wildman–Crippen MR) is 69.8 cm³/mol. The van der Waals surface area contributed by atoms with E-state index < -0.39 is 67.0 Å². The number of rotatable bonds is 6. The predicted octanol–water partition coefficient (Wildman–Crippen LogP) is -3.65. The van der Waals surface area contributed by atoms with Gasteiger partial charge < -0.3 is 40.7 Å². The molecule has 11 heteroatoms. The number of alkyl halides is 1. The minimum Gasteiger partial charge on any atom is -0.477 e. The summed E-state index contributed by atoms with van der Waals surface area (Å²) in [5, 5.41) is 59.1. The first-order valence-corrected chi connectivity index (χ1v) is 6.83. The van der Waals surface area contributed by atoms with Gasteiger partial charge in [0, 0.05) is 6.42 Å². The molecule has 10 nitrogen and oxygen atoms in total. The number of halogens is 1. The van der Waals surface area contributed by atoms with E-state index in [0.717, 1.165) is 0 Å². The monoisotopic (exact) mass is 343 g/mol. The number of aliphatic hydroxyl groups excluding tert-OH is 4. The third-order valence-electron chi connectivity index (χ3n) is 3.29. The van der Waals surface area contributed by atoms with E-state index in [1.54, 1.807) is 0 Å². The molecule has 0 aromatic heterocycles. The van der Waals surface area contributed by atoms with Gasteiger partial charge >= 0.3 is 5.97 Å². The Morgan fingerprint density at radius 2 is 2.00 bits per heavy atom. The molecule has 1 saturated heterocycles. The molecular formula is C11H18ClNO9. The lowest BCUT2D eigenvalue weighted by Crippen LogP contribution is -2.67. The summed E-state index contributed by atoms with van der Waals surface area (Å²) in [4.78, 5) is 22.4. The van der Waals surface area contributed by atoms with Crippen molar-refractivity contribution >= 4 is 23.5 Å². The van der Waals surface area contributed by atoms with Crippen molar-refractivity contribution in [3.8, 4) is 0 Å². The van der Waals surface area contributed by atoms with Gasteiger partial charge in [0.1, 0.15) is 24.2 Å². The molecule has 1 rings (SSSR count). The van der Waals surface area contributed by atoms with Gasteiger partial charge in [0.2, 0.25) is 5.91 Å². The van der Waals surface area contributed by atoms with E-state index in [0.29, 0.717) is 0 Å². The molecule has 6 atom stereocenters. The van der Waals surface area contributed by atoms with E-state index in [-0.39, 0.29) is 0 Å². The normalized spacial score (nSPS) is 34.7. The maximum atomic E-state index is 11.3. The fourth-order valence-electron chi connectivity index (χ4n) is 2.13. The molecule has 1 amide bonds. The molecule has 0 aromatic carbocycles. The van der Waals surface area contributed by atoms with Crippen LogP contribution in [0, 0.1) is 0 Å². The molecule has 1 aliphatic rings. The molecule has 0 aliphatic carbocycles. The van der Waals surface area contributed by atoms with Crippen molar-refractivity contribution in [2.75, 3.05) is 12.5 Å². The number of amides is 1. The summed E-state index contributed by atoms with van der Waals surface area (Å²) in [5.74, 6) is -5.85. The third-order valence-corrected chi connectivity index (χ3v) is 3.53. The topological polar surface area (TPSA) is 177 Å². The SMILES string of the molecule is O=C(CCl)N[C@H]1[C@H]([C@H](O)[C@H](O)CO)O[C@](O)(C(=O)O)C[C@@H]1O. The average molecular weight is 344 g/mol. The van der Waals surface area contributed by atoms with Gasteiger partial charge in [-0.3, -0.25) is 4.79 Å². The first-order chi connectivity index (χ1) is 10.2. The lowest BCUT2D eigenvalue weighted by Gasteiger charge is -2.44. The summed E-state index contributed by atoms with van der Waals surface area (Å²) in [6, 6.07) is -1.35. The fraction of sp³-hybridized carbons (Fsp3) is 0.818. The summed E-state index contributed by atoms with van der Waals surface area (Å²) in [6.07, 6.45) is -7.71. The first-order valence-electron chi connectivity index (χ1n) is 6.30. The second-order valence-corrected chi connectivity index (χ2v) is 5.18. The number of nitrogens with one attached hydrogen (secondary N) is 1. The van der Waals surface area contributed by atoms with Crippen molar-refractivity contribution in [2.24, 2.45) is 0 Å². The van der Waals surface area contributed by atoms with Crippen LogP contribution >= 0.6 is 11.6 Å². The van der Waals surface area contributed by atoms with Crippen molar-refractivity contribution in [1.29, 1.82) is 0 Å². The van der Waals surface area contributed by atoms with Gasteiger partial charge in [-0.25, -0.2) is 4.79 Å². The van der Waals surface area contributed by atoms with Crippen LogP contribution in [0.5, 0.6) is 0 Å². The van der Waals surface area contributed by atoms with Crippen LogP contribution in [-0.2, 0) is 14.3 Å². The Labute approximate surface area is 129 Å². The summed E-state index contributed by atoms with van der Waals surface area (Å²) in [6.45, 7) is -0.890. The zero-order valence-corrected chi connectivity index (χ0v) is 12.0. The molecule has 128 valence electrons. The largest absolute Gasteiger partial charge is 0.477 e. The van der Waals surface area contributed by atoms with Gasteiger partial charge in [-0.2, -0.15) is 0 Å². The molecule has 1 fully saturated rings. The van der Waals surface area contributed by atoms with Crippen molar-refractivity contribution in [3.05, 3.63) is 0 Å². The molecule has 0 spiro atoms. The van der Waals surface area contributed by atoms with Crippen molar-refractivity contribution in [3.63, 3.8) is 0 Å². The molecule has 1 heterocycles. The van der Waals surface area contributed by atoms with E-state index in [2.05, 4.69) is 5.32 Å². The minimum absolute atomic E-state index is 0.474. The minimum atomic E-state index is -2.82. The number of carbonyl (C=O) groups is 2. The highest BCUT2D eigenvalue weighted by Crippen LogP contribution is 2.30. The van der Waals surface area contributed by atoms with Crippen molar-refractivity contribution < 1.29 is 45.0 Å². The number of hydrogen-bond acceptors (Lipinski definition) is 8. The highest BCUT2D eigenvalue weighted by Gasteiger charge is 2.53. The number of ether oxygens (including phenoxy) is 1. The molecular weight excluding hydrogens is 326 g/mol. The number of carboxylic acids is 1. The molecule has 0 saturated carbocycles. The van der Waals surface area contributed by atoms with Crippen LogP contribution in [-0.4, -0.2) is 91.2 Å². The highest BCUT2D eigenvalue weighted by atomic mass is 35.5. The van der Waals surface area contributed by atoms with Gasteiger partial charge in [0.25, 0.3) is 5.79 Å². The lowest BCUT2D eigenvalue weighted by atomic mass is 9.88. The van der Waals surface area contributed by atoms with E-state index in [1.807, 2.05) is 0 Å². The van der Waals surface area contributed by atoms with Gasteiger partial charge in [-0.15, -0.1) is 11.6 Å². The quantitative estimate of drug-likeness (QED) is 0.239. The Bertz CT molecular complexity index is 422. The fourth-order valence-corrected chi connectivity index (χ4v) is 2.20. The van der Waals surface area contributed by atoms with Gasteiger partial charge in [-0.05, 0) is 0 Å². The summed E-state index contributed by atoms with van der Waals surface area (Å²) in [7, 11) is 0. The number of carbonyl (C=O) groups excluding carboxylic acids is 1. The molecule has 22 heavy (non-hydrogen) atoms. The van der Waals surface area contributed by atoms with Gasteiger partial charge in [0.05, 0.1) is 18.8 Å². The Morgan fingerprint density at radius 3 is 2.45 bits per heavy atom. The standard InChI is InChI=1S/C11H18ClNO9/c12-2-6(17)13-7-4(15)1-11(21,10(19)20)22-9(7)8(18)5(16)3-14/h4-5,7-9,14-16,18,21H,1-3H2,(H,13,17)(H,19,20)/t4-,5+,7+,8+,9+,11-/m0/s1. The maximum absolute atomic E-state index is 11.3. The van der Waals surface area contributed by atoms with Crippen LogP contribution in [0.3, 0.4) is 0 Å². The van der Waals surface area contributed by atoms with Crippen LogP contribution in [0.1, 0.15) is 6.42 Å². The summed E-state index contributed by atoms with van der Waals surface area (Å²) in [5.41, 5.74) is 0. The maximum Gasteiger partial charge on any atom is 0.364 e. The Hall–Kier alpha value is -1.01. The second-order valence-electron chi connectivity index (χ2n) is 4.91. The van der Waals surface area contributed by atoms with Gasteiger partial charge in [0.15, 0.2) is 0 Å². The summed E-state index contributed by atoms with van der Waals surface area (Å²) < 4.78 is 4.87. The first kappa shape index (κ1) is 19.0. The average Bonchev–Trinajstić information content (AvgIpc) is 2.47. The number of hydrogen-bond donors (Lipinski definition) is 7. The molecule has 0 aromatic rings. The van der Waals surface area contributed by atoms with E-state index in [9.17, 15) is 30.0 Å². The van der Waals surface area contributed by atoms with E-state index in [4.69, 9.17) is 26.6 Å². The second kappa shape index (κ2) is 7.51. The van der Waals surface area contributed by atoms with Crippen molar-refractivity contribution in [1.82, 2.24) is 5.32 Å². The van der Waals surface area contributed by atoms with Gasteiger partial charge in [-0.1, -0.05) is 0 Å². The number of carboxylic acid groups (broad SMARTS) is 1.